The molecule has 0 saturated heterocycles. The van der Waals surface area contributed by atoms with E-state index in [9.17, 15) is 5.11 Å². The van der Waals surface area contributed by atoms with Crippen LogP contribution < -0.4 is 4.74 Å². The average molecular weight is 282 g/mol. The van der Waals surface area contributed by atoms with Gasteiger partial charge in [0.1, 0.15) is 12.4 Å². The monoisotopic (exact) mass is 282 g/mol. The largest absolute Gasteiger partial charge is 0.489 e. The number of hydrogen-bond acceptors (Lipinski definition) is 2. The summed E-state index contributed by atoms with van der Waals surface area (Å²) >= 11 is 0. The van der Waals surface area contributed by atoms with Crippen LogP contribution in [0.4, 0.5) is 0 Å². The Hall–Kier alpha value is -1.80. The van der Waals surface area contributed by atoms with Gasteiger partial charge in [0.25, 0.3) is 0 Å². The second kappa shape index (κ2) is 5.90. The number of rotatable bonds is 4. The third-order valence-corrected chi connectivity index (χ3v) is 4.18. The fourth-order valence-corrected chi connectivity index (χ4v) is 2.99. The molecule has 0 radical (unpaired) electrons. The minimum Gasteiger partial charge on any atom is -0.489 e. The molecule has 1 N–H and O–H groups in total. The third kappa shape index (κ3) is 3.11. The van der Waals surface area contributed by atoms with E-state index in [2.05, 4.69) is 18.2 Å². The lowest BCUT2D eigenvalue weighted by molar-refractivity contribution is 0.190. The summed E-state index contributed by atoms with van der Waals surface area (Å²) < 4.78 is 5.97. The SMILES string of the molecule is Cc1ccc([C@@H](C)O)c(OCc2ccc3c(c2)CCC3)c1. The van der Waals surface area contributed by atoms with Crippen LogP contribution in [-0.4, -0.2) is 5.11 Å². The Kier molecular flexibility index (Phi) is 3.98. The lowest BCUT2D eigenvalue weighted by Crippen LogP contribution is -2.02. The first-order chi connectivity index (χ1) is 10.1. The zero-order chi connectivity index (χ0) is 14.8. The molecule has 2 nitrogen and oxygen atoms in total. The summed E-state index contributed by atoms with van der Waals surface area (Å²) in [6, 6.07) is 12.6. The van der Waals surface area contributed by atoms with Gasteiger partial charge < -0.3 is 9.84 Å². The highest BCUT2D eigenvalue weighted by atomic mass is 16.5. The Morgan fingerprint density at radius 3 is 2.71 bits per heavy atom. The Labute approximate surface area is 126 Å². The van der Waals surface area contributed by atoms with Gasteiger partial charge in [-0.3, -0.25) is 0 Å². The van der Waals surface area contributed by atoms with Gasteiger partial charge >= 0.3 is 0 Å². The molecule has 0 spiro atoms. The predicted octanol–water partition coefficient (Wildman–Crippen LogP) is 4.12. The molecular weight excluding hydrogens is 260 g/mol. The van der Waals surface area contributed by atoms with Gasteiger partial charge in [-0.2, -0.15) is 0 Å². The van der Waals surface area contributed by atoms with E-state index in [1.165, 1.54) is 36.0 Å². The van der Waals surface area contributed by atoms with Crippen molar-refractivity contribution in [2.45, 2.75) is 45.8 Å². The molecule has 0 amide bonds. The molecule has 110 valence electrons. The Balaban J connectivity index is 1.77. The van der Waals surface area contributed by atoms with Crippen LogP contribution in [0.5, 0.6) is 5.75 Å². The third-order valence-electron chi connectivity index (χ3n) is 4.18. The van der Waals surface area contributed by atoms with E-state index in [-0.39, 0.29) is 0 Å². The molecule has 1 aliphatic rings. The molecular formula is C19H22O2. The minimum absolute atomic E-state index is 0.513. The fraction of sp³-hybridized carbons (Fsp3) is 0.368. The smallest absolute Gasteiger partial charge is 0.125 e. The fourth-order valence-electron chi connectivity index (χ4n) is 2.99. The first-order valence-corrected chi connectivity index (χ1v) is 7.65. The van der Waals surface area contributed by atoms with Crippen molar-refractivity contribution in [2.75, 3.05) is 0 Å². The van der Waals surface area contributed by atoms with Crippen LogP contribution >= 0.6 is 0 Å². The molecule has 0 bridgehead atoms. The van der Waals surface area contributed by atoms with Gasteiger partial charge in [-0.25, -0.2) is 0 Å². The highest BCUT2D eigenvalue weighted by molar-refractivity contribution is 5.39. The second-order valence-electron chi connectivity index (χ2n) is 5.96. The van der Waals surface area contributed by atoms with Gasteiger partial charge in [-0.1, -0.05) is 30.3 Å². The van der Waals surface area contributed by atoms with Crippen molar-refractivity contribution in [1.82, 2.24) is 0 Å². The number of aliphatic hydroxyl groups excluding tert-OH is 1. The molecule has 0 heterocycles. The van der Waals surface area contributed by atoms with Crippen LogP contribution in [0.25, 0.3) is 0 Å². The van der Waals surface area contributed by atoms with Crippen LogP contribution in [-0.2, 0) is 19.4 Å². The molecule has 3 rings (SSSR count). The first-order valence-electron chi connectivity index (χ1n) is 7.65. The summed E-state index contributed by atoms with van der Waals surface area (Å²) in [7, 11) is 0. The number of aliphatic hydroxyl groups is 1. The molecule has 2 aromatic rings. The summed E-state index contributed by atoms with van der Waals surface area (Å²) in [4.78, 5) is 0. The quantitative estimate of drug-likeness (QED) is 0.914. The first kappa shape index (κ1) is 14.2. The summed E-state index contributed by atoms with van der Waals surface area (Å²) in [6.45, 7) is 4.36. The van der Waals surface area contributed by atoms with Gasteiger partial charge in [-0.05, 0) is 61.4 Å². The molecule has 0 unspecified atom stereocenters. The number of benzene rings is 2. The van der Waals surface area contributed by atoms with Crippen LogP contribution in [0.3, 0.4) is 0 Å². The molecule has 0 aliphatic heterocycles. The molecule has 2 aromatic carbocycles. The van der Waals surface area contributed by atoms with Crippen LogP contribution in [0, 0.1) is 6.92 Å². The van der Waals surface area contributed by atoms with E-state index in [0.717, 1.165) is 16.9 Å². The van der Waals surface area contributed by atoms with Crippen molar-refractivity contribution in [3.63, 3.8) is 0 Å². The van der Waals surface area contributed by atoms with Crippen LogP contribution in [0.15, 0.2) is 36.4 Å². The Morgan fingerprint density at radius 2 is 1.90 bits per heavy atom. The maximum absolute atomic E-state index is 9.84. The van der Waals surface area contributed by atoms with E-state index >= 15 is 0 Å². The predicted molar refractivity (Wildman–Crippen MR) is 84.6 cm³/mol. The van der Waals surface area contributed by atoms with E-state index < -0.39 is 6.10 Å². The van der Waals surface area contributed by atoms with Crippen LogP contribution in [0.2, 0.25) is 0 Å². The van der Waals surface area contributed by atoms with Crippen molar-refractivity contribution >= 4 is 0 Å². The summed E-state index contributed by atoms with van der Waals surface area (Å²) in [6.07, 6.45) is 3.15. The number of aryl methyl sites for hydroxylation is 3. The normalized spacial score (nSPS) is 14.8. The maximum Gasteiger partial charge on any atom is 0.125 e. The molecule has 1 atom stereocenters. The van der Waals surface area contributed by atoms with Crippen molar-refractivity contribution in [2.24, 2.45) is 0 Å². The van der Waals surface area contributed by atoms with E-state index in [1.807, 2.05) is 25.1 Å². The maximum atomic E-state index is 9.84. The van der Waals surface area contributed by atoms with Gasteiger partial charge in [0, 0.05) is 5.56 Å². The average Bonchev–Trinajstić information content (AvgIpc) is 2.92. The van der Waals surface area contributed by atoms with Crippen molar-refractivity contribution in [3.05, 3.63) is 64.2 Å². The molecule has 21 heavy (non-hydrogen) atoms. The van der Waals surface area contributed by atoms with Crippen LogP contribution in [0.1, 0.15) is 47.3 Å². The van der Waals surface area contributed by atoms with Crippen molar-refractivity contribution in [1.29, 1.82) is 0 Å². The van der Waals surface area contributed by atoms with E-state index in [0.29, 0.717) is 6.61 Å². The highest BCUT2D eigenvalue weighted by Crippen LogP contribution is 2.28. The second-order valence-corrected chi connectivity index (χ2v) is 5.96. The zero-order valence-electron chi connectivity index (χ0n) is 12.7. The number of hydrogen-bond donors (Lipinski definition) is 1. The molecule has 0 aromatic heterocycles. The lowest BCUT2D eigenvalue weighted by Gasteiger charge is -2.15. The standard InChI is InChI=1S/C19H22O2/c1-13-6-9-18(14(2)20)19(10-13)21-12-15-7-8-16-4-3-5-17(16)11-15/h6-11,14,20H,3-5,12H2,1-2H3/t14-/m1/s1. The molecule has 0 saturated carbocycles. The van der Waals surface area contributed by atoms with E-state index in [1.54, 1.807) is 6.92 Å². The Morgan fingerprint density at radius 1 is 1.10 bits per heavy atom. The number of fused-ring (bicyclic) bond motifs is 1. The van der Waals surface area contributed by atoms with Gasteiger partial charge in [-0.15, -0.1) is 0 Å². The van der Waals surface area contributed by atoms with Gasteiger partial charge in [0.15, 0.2) is 0 Å². The van der Waals surface area contributed by atoms with Gasteiger partial charge in [0.05, 0.1) is 6.10 Å². The Bertz CT molecular complexity index is 644. The lowest BCUT2D eigenvalue weighted by atomic mass is 10.1. The zero-order valence-corrected chi connectivity index (χ0v) is 12.7. The number of ether oxygens (including phenoxy) is 1. The summed E-state index contributed by atoms with van der Waals surface area (Å²) in [5.41, 5.74) is 6.15. The van der Waals surface area contributed by atoms with E-state index in [4.69, 9.17) is 4.74 Å². The van der Waals surface area contributed by atoms with Crippen molar-refractivity contribution < 1.29 is 9.84 Å². The molecule has 1 aliphatic carbocycles. The van der Waals surface area contributed by atoms with Crippen molar-refractivity contribution in [3.8, 4) is 5.75 Å². The highest BCUT2D eigenvalue weighted by Gasteiger charge is 2.12. The topological polar surface area (TPSA) is 29.5 Å². The molecule has 2 heteroatoms. The summed E-state index contributed by atoms with van der Waals surface area (Å²) in [5.74, 6) is 0.783. The van der Waals surface area contributed by atoms with Gasteiger partial charge in [0.2, 0.25) is 0 Å². The summed E-state index contributed by atoms with van der Waals surface area (Å²) in [5, 5.41) is 9.84. The molecule has 0 fully saturated rings. The minimum atomic E-state index is -0.513.